The minimum Gasteiger partial charge on any atom is -0.496 e. The van der Waals surface area contributed by atoms with Gasteiger partial charge in [-0.05, 0) is 24.6 Å². The molecule has 0 bridgehead atoms. The molecule has 1 aliphatic rings. The molecule has 0 atom stereocenters. The fraction of sp³-hybridized carbons (Fsp3) is 0.421. The van der Waals surface area contributed by atoms with Crippen LogP contribution in [0.5, 0.6) is 5.75 Å². The van der Waals surface area contributed by atoms with Crippen LogP contribution < -0.4 is 4.74 Å². The predicted molar refractivity (Wildman–Crippen MR) is 97.4 cm³/mol. The molecule has 7 nitrogen and oxygen atoms in total. The van der Waals surface area contributed by atoms with Gasteiger partial charge in [0.1, 0.15) is 11.4 Å². The van der Waals surface area contributed by atoms with E-state index in [1.165, 1.54) is 0 Å². The van der Waals surface area contributed by atoms with Crippen LogP contribution in [0.4, 0.5) is 0 Å². The van der Waals surface area contributed by atoms with Crippen molar-refractivity contribution >= 4 is 11.8 Å². The third kappa shape index (κ3) is 3.71. The average molecular weight is 356 g/mol. The summed E-state index contributed by atoms with van der Waals surface area (Å²) >= 11 is 0. The van der Waals surface area contributed by atoms with Crippen LogP contribution in [0.15, 0.2) is 30.3 Å². The number of hydrogen-bond donors (Lipinski definition) is 1. The van der Waals surface area contributed by atoms with Gasteiger partial charge < -0.3 is 14.5 Å². The second-order valence-corrected chi connectivity index (χ2v) is 6.31. The lowest BCUT2D eigenvalue weighted by molar-refractivity contribution is 0.0530. The van der Waals surface area contributed by atoms with Gasteiger partial charge in [0.05, 0.1) is 12.7 Å². The molecule has 0 unspecified atom stereocenters. The Hall–Kier alpha value is -2.83. The zero-order chi connectivity index (χ0) is 18.5. The summed E-state index contributed by atoms with van der Waals surface area (Å²) in [5, 5.41) is 7.03. The molecule has 1 aromatic carbocycles. The first-order chi connectivity index (χ1) is 12.6. The van der Waals surface area contributed by atoms with Crippen LogP contribution in [-0.4, -0.2) is 65.1 Å². The number of piperazine rings is 1. The number of rotatable bonds is 5. The maximum absolute atomic E-state index is 12.7. The summed E-state index contributed by atoms with van der Waals surface area (Å²) in [4.78, 5) is 28.8. The molecule has 26 heavy (non-hydrogen) atoms. The average Bonchev–Trinajstić information content (AvgIpc) is 3.16. The topological polar surface area (TPSA) is 78.5 Å². The van der Waals surface area contributed by atoms with Crippen molar-refractivity contribution in [1.82, 2.24) is 20.0 Å². The first kappa shape index (κ1) is 18.0. The van der Waals surface area contributed by atoms with Crippen molar-refractivity contribution in [1.29, 1.82) is 0 Å². The van der Waals surface area contributed by atoms with Crippen molar-refractivity contribution in [2.24, 2.45) is 0 Å². The molecule has 138 valence electrons. The first-order valence-electron chi connectivity index (χ1n) is 8.90. The van der Waals surface area contributed by atoms with E-state index in [1.54, 1.807) is 29.0 Å². The number of aryl methyl sites for hydroxylation is 1. The predicted octanol–water partition coefficient (Wildman–Crippen LogP) is 1.97. The number of carbonyl (C=O) groups is 2. The van der Waals surface area contributed by atoms with Crippen molar-refractivity contribution in [3.8, 4) is 5.75 Å². The fourth-order valence-corrected chi connectivity index (χ4v) is 3.13. The molecule has 7 heteroatoms. The van der Waals surface area contributed by atoms with Gasteiger partial charge in [-0.1, -0.05) is 25.5 Å². The SMILES string of the molecule is CCCc1cc(C(=O)N2CCN(C(=O)c3ccccc3OC)CC2)n[nH]1. The Bertz CT molecular complexity index is 779. The van der Waals surface area contributed by atoms with Gasteiger partial charge in [0.25, 0.3) is 11.8 Å². The molecule has 0 saturated carbocycles. The summed E-state index contributed by atoms with van der Waals surface area (Å²) in [5.41, 5.74) is 1.96. The molecule has 2 heterocycles. The van der Waals surface area contributed by atoms with Gasteiger partial charge in [-0.25, -0.2) is 0 Å². The maximum Gasteiger partial charge on any atom is 0.274 e. The molecule has 0 aliphatic carbocycles. The Balaban J connectivity index is 1.61. The van der Waals surface area contributed by atoms with Crippen LogP contribution in [0.25, 0.3) is 0 Å². The van der Waals surface area contributed by atoms with Crippen molar-refractivity contribution in [2.45, 2.75) is 19.8 Å². The van der Waals surface area contributed by atoms with E-state index in [-0.39, 0.29) is 11.8 Å². The van der Waals surface area contributed by atoms with Gasteiger partial charge in [-0.3, -0.25) is 14.7 Å². The number of methoxy groups -OCH3 is 1. The van der Waals surface area contributed by atoms with Crippen LogP contribution in [0, 0.1) is 0 Å². The molecule has 1 N–H and O–H groups in total. The Morgan fingerprint density at radius 2 is 1.77 bits per heavy atom. The standard InChI is InChI=1S/C19H24N4O3/c1-3-6-14-13-16(21-20-14)19(25)23-11-9-22(10-12-23)18(24)15-7-4-5-8-17(15)26-2/h4-5,7-8,13H,3,6,9-12H2,1-2H3,(H,20,21). The summed E-state index contributed by atoms with van der Waals surface area (Å²) in [5.74, 6) is 0.406. The van der Waals surface area contributed by atoms with Crippen molar-refractivity contribution < 1.29 is 14.3 Å². The summed E-state index contributed by atoms with van der Waals surface area (Å²) in [6, 6.07) is 9.01. The Morgan fingerprint density at radius 3 is 2.42 bits per heavy atom. The van der Waals surface area contributed by atoms with Gasteiger partial charge >= 0.3 is 0 Å². The van der Waals surface area contributed by atoms with E-state index in [0.29, 0.717) is 43.2 Å². The summed E-state index contributed by atoms with van der Waals surface area (Å²) in [6.45, 7) is 4.06. The quantitative estimate of drug-likeness (QED) is 0.888. The number of ether oxygens (including phenoxy) is 1. The number of aromatic nitrogens is 2. The summed E-state index contributed by atoms with van der Waals surface area (Å²) < 4.78 is 5.27. The monoisotopic (exact) mass is 356 g/mol. The fourth-order valence-electron chi connectivity index (χ4n) is 3.13. The first-order valence-corrected chi connectivity index (χ1v) is 8.90. The molecule has 1 fully saturated rings. The number of nitrogens with one attached hydrogen (secondary N) is 1. The third-order valence-corrected chi connectivity index (χ3v) is 4.56. The highest BCUT2D eigenvalue weighted by Crippen LogP contribution is 2.20. The number of carbonyl (C=O) groups excluding carboxylic acids is 2. The van der Waals surface area contributed by atoms with Crippen LogP contribution in [0.2, 0.25) is 0 Å². The smallest absolute Gasteiger partial charge is 0.274 e. The van der Waals surface area contributed by atoms with Crippen molar-refractivity contribution in [2.75, 3.05) is 33.3 Å². The van der Waals surface area contributed by atoms with Gasteiger partial charge in [0, 0.05) is 31.9 Å². The van der Waals surface area contributed by atoms with Gasteiger partial charge in [0.2, 0.25) is 0 Å². The molecular weight excluding hydrogens is 332 g/mol. The number of hydrogen-bond acceptors (Lipinski definition) is 4. The molecule has 0 spiro atoms. The van der Waals surface area contributed by atoms with Gasteiger partial charge in [-0.2, -0.15) is 5.10 Å². The molecule has 0 radical (unpaired) electrons. The second-order valence-electron chi connectivity index (χ2n) is 6.31. The number of benzene rings is 1. The Morgan fingerprint density at radius 1 is 1.12 bits per heavy atom. The highest BCUT2D eigenvalue weighted by atomic mass is 16.5. The molecule has 1 aliphatic heterocycles. The molecular formula is C19H24N4O3. The lowest BCUT2D eigenvalue weighted by atomic mass is 10.1. The van der Waals surface area contributed by atoms with Crippen LogP contribution in [-0.2, 0) is 6.42 Å². The molecule has 2 amide bonds. The molecule has 1 aromatic heterocycles. The number of H-pyrrole nitrogens is 1. The maximum atomic E-state index is 12.7. The zero-order valence-electron chi connectivity index (χ0n) is 15.2. The zero-order valence-corrected chi connectivity index (χ0v) is 15.2. The van der Waals surface area contributed by atoms with E-state index >= 15 is 0 Å². The lowest BCUT2D eigenvalue weighted by Gasteiger charge is -2.34. The van der Waals surface area contributed by atoms with Crippen molar-refractivity contribution in [3.63, 3.8) is 0 Å². The second kappa shape index (κ2) is 8.03. The highest BCUT2D eigenvalue weighted by Gasteiger charge is 2.27. The molecule has 1 saturated heterocycles. The normalized spacial score (nSPS) is 14.4. The summed E-state index contributed by atoms with van der Waals surface area (Å²) in [6.07, 6.45) is 1.88. The van der Waals surface area contributed by atoms with Gasteiger partial charge in [0.15, 0.2) is 0 Å². The van der Waals surface area contributed by atoms with E-state index in [4.69, 9.17) is 4.74 Å². The lowest BCUT2D eigenvalue weighted by Crippen LogP contribution is -2.50. The van der Waals surface area contributed by atoms with E-state index < -0.39 is 0 Å². The van der Waals surface area contributed by atoms with E-state index in [9.17, 15) is 9.59 Å². The highest BCUT2D eigenvalue weighted by molar-refractivity contribution is 5.97. The Labute approximate surface area is 152 Å². The number of aromatic amines is 1. The van der Waals surface area contributed by atoms with E-state index in [0.717, 1.165) is 18.5 Å². The number of para-hydroxylation sites is 1. The number of nitrogens with zero attached hydrogens (tertiary/aromatic N) is 3. The van der Waals surface area contributed by atoms with Crippen LogP contribution >= 0.6 is 0 Å². The van der Waals surface area contributed by atoms with E-state index in [2.05, 4.69) is 17.1 Å². The van der Waals surface area contributed by atoms with Gasteiger partial charge in [-0.15, -0.1) is 0 Å². The number of amides is 2. The summed E-state index contributed by atoms with van der Waals surface area (Å²) in [7, 11) is 1.55. The van der Waals surface area contributed by atoms with Crippen molar-refractivity contribution in [3.05, 3.63) is 47.3 Å². The molecule has 2 aromatic rings. The largest absolute Gasteiger partial charge is 0.496 e. The minimum absolute atomic E-state index is 0.0699. The van der Waals surface area contributed by atoms with Crippen LogP contribution in [0.3, 0.4) is 0 Å². The third-order valence-electron chi connectivity index (χ3n) is 4.56. The van der Waals surface area contributed by atoms with E-state index in [1.807, 2.05) is 18.2 Å². The Kier molecular flexibility index (Phi) is 5.55. The van der Waals surface area contributed by atoms with Crippen LogP contribution in [0.1, 0.15) is 39.9 Å². The molecule has 3 rings (SSSR count). The minimum atomic E-state index is -0.0898.